The third kappa shape index (κ3) is 5.45. The molecule has 0 bridgehead atoms. The number of carbonyl (C=O) groups excluding carboxylic acids is 1. The van der Waals surface area contributed by atoms with Crippen molar-refractivity contribution in [3.63, 3.8) is 0 Å². The molecule has 1 aliphatic rings. The molecular formula is C25H21FN6O4. The number of carbonyl (C=O) groups is 2. The maximum atomic E-state index is 15.0. The van der Waals surface area contributed by atoms with Gasteiger partial charge in [0.1, 0.15) is 17.3 Å². The van der Waals surface area contributed by atoms with Gasteiger partial charge in [0.2, 0.25) is 0 Å². The first-order valence-electron chi connectivity index (χ1n) is 10.8. The normalized spacial score (nSPS) is 12.8. The van der Waals surface area contributed by atoms with Crippen LogP contribution in [0.15, 0.2) is 54.9 Å². The Bertz CT molecular complexity index is 1470. The van der Waals surface area contributed by atoms with Crippen molar-refractivity contribution in [2.75, 3.05) is 32.0 Å². The third-order valence-corrected chi connectivity index (χ3v) is 5.27. The van der Waals surface area contributed by atoms with Gasteiger partial charge in [-0.25, -0.2) is 18.9 Å². The van der Waals surface area contributed by atoms with E-state index < -0.39 is 5.82 Å². The van der Waals surface area contributed by atoms with E-state index in [1.54, 1.807) is 58.2 Å². The van der Waals surface area contributed by atoms with E-state index in [0.29, 0.717) is 60.3 Å². The number of hydrogen-bond acceptors (Lipinski definition) is 7. The van der Waals surface area contributed by atoms with Gasteiger partial charge in [-0.1, -0.05) is 5.92 Å². The number of rotatable bonds is 2. The zero-order valence-corrected chi connectivity index (χ0v) is 19.0. The summed E-state index contributed by atoms with van der Waals surface area (Å²) in [7, 11) is 0. The predicted octanol–water partition coefficient (Wildman–Crippen LogP) is 2.09. The molecule has 182 valence electrons. The van der Waals surface area contributed by atoms with Crippen LogP contribution in [-0.2, 0) is 9.53 Å². The highest BCUT2D eigenvalue weighted by Gasteiger charge is 2.20. The number of nitrogens with zero attached hydrogens (tertiary/aromatic N) is 5. The zero-order valence-electron chi connectivity index (χ0n) is 19.0. The molecular weight excluding hydrogens is 467 g/mol. The van der Waals surface area contributed by atoms with Crippen LogP contribution >= 0.6 is 0 Å². The Labute approximate surface area is 205 Å². The van der Waals surface area contributed by atoms with Gasteiger partial charge < -0.3 is 20.5 Å². The van der Waals surface area contributed by atoms with Crippen molar-refractivity contribution in [1.82, 2.24) is 24.5 Å². The number of nitrogen functional groups attached to an aromatic ring is 1. The van der Waals surface area contributed by atoms with E-state index >= 15 is 0 Å². The van der Waals surface area contributed by atoms with Gasteiger partial charge in [0.15, 0.2) is 5.65 Å². The summed E-state index contributed by atoms with van der Waals surface area (Å²) in [6.07, 6.45) is 3.19. The van der Waals surface area contributed by atoms with Gasteiger partial charge >= 0.3 is 0 Å². The molecule has 1 aliphatic heterocycles. The molecule has 36 heavy (non-hydrogen) atoms. The van der Waals surface area contributed by atoms with E-state index in [4.69, 9.17) is 20.4 Å². The summed E-state index contributed by atoms with van der Waals surface area (Å²) in [6.45, 7) is 1.72. The molecule has 0 unspecified atom stereocenters. The average Bonchev–Trinajstić information content (AvgIpc) is 3.30. The van der Waals surface area contributed by atoms with Crippen LogP contribution in [0.25, 0.3) is 16.9 Å². The second-order valence-electron chi connectivity index (χ2n) is 7.56. The highest BCUT2D eigenvalue weighted by molar-refractivity contribution is 5.94. The number of nitrogens with two attached hydrogens (primary N) is 1. The number of hydrogen-bond donors (Lipinski definition) is 2. The van der Waals surface area contributed by atoms with Crippen molar-refractivity contribution in [2.24, 2.45) is 0 Å². The van der Waals surface area contributed by atoms with Gasteiger partial charge in [-0.2, -0.15) is 5.10 Å². The number of aromatic nitrogens is 4. The van der Waals surface area contributed by atoms with Gasteiger partial charge in [0, 0.05) is 36.0 Å². The topological polar surface area (TPSA) is 136 Å². The summed E-state index contributed by atoms with van der Waals surface area (Å²) < 4.78 is 21.8. The Morgan fingerprint density at radius 2 is 1.89 bits per heavy atom. The number of amides is 1. The lowest BCUT2D eigenvalue weighted by Crippen LogP contribution is -2.40. The summed E-state index contributed by atoms with van der Waals surface area (Å²) in [6, 6.07) is 11.3. The number of imidazole rings is 1. The lowest BCUT2D eigenvalue weighted by molar-refractivity contribution is -0.122. The van der Waals surface area contributed by atoms with Gasteiger partial charge in [0.05, 0.1) is 25.1 Å². The number of carboxylic acid groups (broad SMARTS) is 1. The Morgan fingerprint density at radius 3 is 2.61 bits per heavy atom. The van der Waals surface area contributed by atoms with Gasteiger partial charge in [-0.3, -0.25) is 9.59 Å². The minimum Gasteiger partial charge on any atom is -0.483 e. The molecule has 0 saturated carbocycles. The first-order chi connectivity index (χ1) is 17.5. The molecule has 0 atom stereocenters. The molecule has 4 heterocycles. The number of ether oxygens (including phenoxy) is 1. The lowest BCUT2D eigenvalue weighted by Gasteiger charge is -2.26. The highest BCUT2D eigenvalue weighted by atomic mass is 19.1. The molecule has 1 saturated heterocycles. The van der Waals surface area contributed by atoms with E-state index in [9.17, 15) is 9.18 Å². The number of benzene rings is 1. The Balaban J connectivity index is 0.000000967. The predicted molar refractivity (Wildman–Crippen MR) is 128 cm³/mol. The van der Waals surface area contributed by atoms with Crippen molar-refractivity contribution in [3.8, 4) is 23.1 Å². The number of pyridine rings is 1. The van der Waals surface area contributed by atoms with Crippen molar-refractivity contribution in [3.05, 3.63) is 77.5 Å². The molecule has 10 nitrogen and oxygen atoms in total. The summed E-state index contributed by atoms with van der Waals surface area (Å²) in [5.41, 5.74) is 8.51. The summed E-state index contributed by atoms with van der Waals surface area (Å²) in [4.78, 5) is 30.9. The van der Waals surface area contributed by atoms with E-state index in [-0.39, 0.29) is 17.9 Å². The molecule has 1 fully saturated rings. The number of morpholine rings is 1. The fourth-order valence-corrected chi connectivity index (χ4v) is 3.57. The highest BCUT2D eigenvalue weighted by Crippen LogP contribution is 2.23. The van der Waals surface area contributed by atoms with Crippen molar-refractivity contribution < 1.29 is 23.8 Å². The second kappa shape index (κ2) is 11.1. The van der Waals surface area contributed by atoms with Crippen LogP contribution in [0.4, 0.5) is 10.2 Å². The van der Waals surface area contributed by atoms with Crippen LogP contribution in [0.3, 0.4) is 0 Å². The summed E-state index contributed by atoms with van der Waals surface area (Å²) in [5, 5.41) is 11.4. The Hall–Kier alpha value is -4.82. The molecule has 3 N–H and O–H groups in total. The first-order valence-corrected chi connectivity index (χ1v) is 10.8. The van der Waals surface area contributed by atoms with Crippen LogP contribution in [0, 0.1) is 17.7 Å². The van der Waals surface area contributed by atoms with Crippen LogP contribution in [0.1, 0.15) is 21.6 Å². The Kier molecular flexibility index (Phi) is 7.48. The summed E-state index contributed by atoms with van der Waals surface area (Å²) in [5.74, 6) is 5.66. The smallest absolute Gasteiger partial charge is 0.290 e. The van der Waals surface area contributed by atoms with Crippen molar-refractivity contribution in [2.45, 2.75) is 0 Å². The molecule has 0 spiro atoms. The van der Waals surface area contributed by atoms with Crippen LogP contribution in [-0.4, -0.2) is 68.3 Å². The molecule has 11 heteroatoms. The maximum absolute atomic E-state index is 15.0. The van der Waals surface area contributed by atoms with Gasteiger partial charge in [-0.15, -0.1) is 0 Å². The molecule has 1 aromatic carbocycles. The van der Waals surface area contributed by atoms with E-state index in [0.717, 1.165) is 0 Å². The fraction of sp³-hybridized carbons (Fsp3) is 0.160. The minimum atomic E-state index is -0.527. The van der Waals surface area contributed by atoms with Crippen molar-refractivity contribution >= 4 is 23.8 Å². The van der Waals surface area contributed by atoms with Gasteiger partial charge in [-0.05, 0) is 48.4 Å². The molecule has 3 aromatic heterocycles. The van der Waals surface area contributed by atoms with Crippen molar-refractivity contribution in [1.29, 1.82) is 0 Å². The van der Waals surface area contributed by atoms with Crippen LogP contribution in [0.5, 0.6) is 0 Å². The Morgan fingerprint density at radius 1 is 1.11 bits per heavy atom. The molecule has 0 aliphatic carbocycles. The number of anilines is 1. The minimum absolute atomic E-state index is 0.212. The molecule has 4 aromatic rings. The molecule has 5 rings (SSSR count). The standard InChI is InChI=1S/C24H19FN6O2.CH2O2/c25-20-14-17(24(32)30-9-11-33-12-10-30)2-4-19(20)21-5-6-23-28-15-18(31(23)29-21)3-1-16-7-8-27-22(26)13-16;2-1-3/h2,4-8,13-15H,9-12H2,(H2,26,27);1H,(H,2,3). The van der Waals surface area contributed by atoms with E-state index in [1.165, 1.54) is 6.07 Å². The quantitative estimate of drug-likeness (QED) is 0.323. The molecule has 1 amide bonds. The van der Waals surface area contributed by atoms with Crippen LogP contribution in [0.2, 0.25) is 0 Å². The SMILES string of the molecule is Nc1cc(C#Cc2cnc3ccc(-c4ccc(C(=O)N5CCOCC5)cc4F)nn23)ccn1.O=CO. The largest absolute Gasteiger partial charge is 0.483 e. The maximum Gasteiger partial charge on any atom is 0.290 e. The third-order valence-electron chi connectivity index (χ3n) is 5.27. The summed E-state index contributed by atoms with van der Waals surface area (Å²) >= 11 is 0. The van der Waals surface area contributed by atoms with Crippen LogP contribution < -0.4 is 5.73 Å². The second-order valence-corrected chi connectivity index (χ2v) is 7.56. The zero-order chi connectivity index (χ0) is 25.5. The average molecular weight is 488 g/mol. The van der Waals surface area contributed by atoms with Gasteiger partial charge in [0.25, 0.3) is 12.4 Å². The number of halogens is 1. The lowest BCUT2D eigenvalue weighted by atomic mass is 10.1. The van der Waals surface area contributed by atoms with E-state index in [2.05, 4.69) is 26.9 Å². The molecule has 0 radical (unpaired) electrons. The monoisotopic (exact) mass is 488 g/mol. The first kappa shape index (κ1) is 24.3. The number of fused-ring (bicyclic) bond motifs is 1. The fourth-order valence-electron chi connectivity index (χ4n) is 3.57. The van der Waals surface area contributed by atoms with E-state index in [1.807, 2.05) is 0 Å².